The van der Waals surface area contributed by atoms with E-state index in [0.717, 1.165) is 5.75 Å². The summed E-state index contributed by atoms with van der Waals surface area (Å²) < 4.78 is 7.03. The quantitative estimate of drug-likeness (QED) is 0.294. The molecule has 17 heavy (non-hydrogen) atoms. The molecule has 0 N–H and O–H groups in total. The van der Waals surface area contributed by atoms with Crippen LogP contribution in [0.15, 0.2) is 11.6 Å². The van der Waals surface area contributed by atoms with E-state index >= 15 is 0 Å². The molecule has 0 amide bonds. The number of hydrogen-bond acceptors (Lipinski definition) is 0. The molecule has 0 saturated heterocycles. The molecule has 1 heterocycles. The van der Waals surface area contributed by atoms with Crippen LogP contribution in [-0.4, -0.2) is 47.9 Å². The summed E-state index contributed by atoms with van der Waals surface area (Å²) in [5.74, 6) is 4.45. The van der Waals surface area contributed by atoms with Crippen molar-refractivity contribution in [3.63, 3.8) is 0 Å². The van der Waals surface area contributed by atoms with Gasteiger partial charge in [0, 0.05) is 0 Å². The Morgan fingerprint density at radius 3 is 2.12 bits per heavy atom. The second-order valence-electron chi connectivity index (χ2n) is 6.38. The predicted octanol–water partition coefficient (Wildman–Crippen LogP) is 3.72. The van der Waals surface area contributed by atoms with Crippen molar-refractivity contribution >= 4 is 52.6 Å². The van der Waals surface area contributed by atoms with Crippen LogP contribution in [0.4, 0.5) is 0 Å². The Hall–Kier alpha value is 0.677. The van der Waals surface area contributed by atoms with Gasteiger partial charge in [-0.3, -0.25) is 0 Å². The third-order valence-electron chi connectivity index (χ3n) is 1.90. The Balaban J connectivity index is 2.62. The minimum atomic E-state index is -1.91. The van der Waals surface area contributed by atoms with Gasteiger partial charge in [0.25, 0.3) is 0 Å². The molecule has 1 rings (SSSR count). The van der Waals surface area contributed by atoms with Gasteiger partial charge in [-0.15, -0.1) is 0 Å². The van der Waals surface area contributed by atoms with Crippen molar-refractivity contribution < 1.29 is 0 Å². The van der Waals surface area contributed by atoms with Crippen LogP contribution in [0.3, 0.4) is 0 Å². The normalized spacial score (nSPS) is 19.4. The van der Waals surface area contributed by atoms with Crippen molar-refractivity contribution in [3.05, 3.63) is 11.6 Å². The Morgan fingerprint density at radius 1 is 1.00 bits per heavy atom. The molecule has 0 spiro atoms. The van der Waals surface area contributed by atoms with E-state index in [-0.39, 0.29) is 10.5 Å². The summed E-state index contributed by atoms with van der Waals surface area (Å²) in [6, 6.07) is 0. The molecule has 3 heteroatoms. The van der Waals surface area contributed by atoms with Gasteiger partial charge in [-0.25, -0.2) is 0 Å². The first-order chi connectivity index (χ1) is 7.66. The molecular formula is C14H22SSn2. The van der Waals surface area contributed by atoms with E-state index in [1.165, 1.54) is 5.57 Å². The summed E-state index contributed by atoms with van der Waals surface area (Å²) >= 11 is -3.81. The Kier molecular flexibility index (Phi) is 5.75. The summed E-state index contributed by atoms with van der Waals surface area (Å²) in [4.78, 5) is 14.2. The van der Waals surface area contributed by atoms with Crippen LogP contribution in [0.5, 0.6) is 0 Å². The van der Waals surface area contributed by atoms with Crippen LogP contribution in [0, 0.1) is 19.0 Å². The zero-order chi connectivity index (χ0) is 13.1. The maximum absolute atomic E-state index is 3.53. The number of rotatable bonds is 0. The van der Waals surface area contributed by atoms with Crippen molar-refractivity contribution in [2.75, 3.05) is 5.75 Å². The van der Waals surface area contributed by atoms with Crippen molar-refractivity contribution in [2.24, 2.45) is 0 Å². The van der Waals surface area contributed by atoms with E-state index in [1.807, 2.05) is 0 Å². The van der Waals surface area contributed by atoms with Gasteiger partial charge < -0.3 is 0 Å². The van der Waals surface area contributed by atoms with Gasteiger partial charge in [-0.05, 0) is 0 Å². The van der Waals surface area contributed by atoms with E-state index < -0.39 is 36.8 Å². The summed E-state index contributed by atoms with van der Waals surface area (Å²) in [6.45, 7) is 0. The Morgan fingerprint density at radius 2 is 1.59 bits per heavy atom. The first-order valence-electron chi connectivity index (χ1n) is 5.95. The Bertz CT molecular complexity index is 431. The average Bonchev–Trinajstić information content (AvgIpc) is 2.57. The molecule has 0 aromatic carbocycles. The molecular weight excluding hydrogens is 438 g/mol. The second kappa shape index (κ2) is 6.22. The first kappa shape index (κ1) is 15.7. The zero-order valence-electron chi connectivity index (χ0n) is 11.8. The standard InChI is InChI=1S/C8H4S.6CH3.2Sn/c1-3-8-5-6-9(4-2)7-8;;;;;;;;/h5-6H,7H2;6*1H3;;. The first-order valence-corrected chi connectivity index (χ1v) is 27.4. The van der Waals surface area contributed by atoms with Crippen molar-refractivity contribution in [3.8, 4) is 19.0 Å². The van der Waals surface area contributed by atoms with Crippen molar-refractivity contribution in [2.45, 2.75) is 29.6 Å². The molecule has 0 aromatic rings. The summed E-state index contributed by atoms with van der Waals surface area (Å²) in [5, 5.41) is 5.72. The van der Waals surface area contributed by atoms with E-state index in [4.69, 9.17) is 0 Å². The van der Waals surface area contributed by atoms with E-state index in [9.17, 15) is 0 Å². The van der Waals surface area contributed by atoms with E-state index in [1.54, 1.807) is 0 Å². The molecule has 0 nitrogen and oxygen atoms in total. The molecule has 1 unspecified atom stereocenters. The topological polar surface area (TPSA) is 0 Å². The van der Waals surface area contributed by atoms with Crippen LogP contribution in [0.1, 0.15) is 0 Å². The van der Waals surface area contributed by atoms with E-state index in [0.29, 0.717) is 0 Å². The second-order valence-corrected chi connectivity index (χ2v) is 35.1. The fourth-order valence-electron chi connectivity index (χ4n) is 1.06. The third-order valence-corrected chi connectivity index (χ3v) is 8.86. The SMILES string of the molecule is [CH3][Sn]([CH3])([CH3])[C]#CC1=CC=S(C#[C][Sn]([CH3])([CH3])[CH3])C1. The molecule has 0 fully saturated rings. The summed E-state index contributed by atoms with van der Waals surface area (Å²) in [5.41, 5.74) is 1.30. The van der Waals surface area contributed by atoms with Gasteiger partial charge in [0.15, 0.2) is 0 Å². The molecule has 0 saturated carbocycles. The molecule has 0 aromatic heterocycles. The van der Waals surface area contributed by atoms with Crippen LogP contribution >= 0.6 is 10.5 Å². The maximum atomic E-state index is 3.53. The van der Waals surface area contributed by atoms with Crippen LogP contribution < -0.4 is 0 Å². The third kappa shape index (κ3) is 7.65. The van der Waals surface area contributed by atoms with Gasteiger partial charge in [0.2, 0.25) is 0 Å². The number of hydrogen-bond donors (Lipinski definition) is 0. The molecule has 1 atom stereocenters. The molecule has 1 aliphatic heterocycles. The van der Waals surface area contributed by atoms with Crippen LogP contribution in [0.2, 0.25) is 29.6 Å². The molecule has 0 radical (unpaired) electrons. The van der Waals surface area contributed by atoms with Gasteiger partial charge in [0.1, 0.15) is 0 Å². The van der Waals surface area contributed by atoms with E-state index in [2.05, 4.69) is 60.1 Å². The fraction of sp³-hybridized carbons (Fsp3) is 0.500. The van der Waals surface area contributed by atoms with Gasteiger partial charge >= 0.3 is 119 Å². The predicted molar refractivity (Wildman–Crippen MR) is 88.8 cm³/mol. The molecule has 1 aliphatic rings. The number of allylic oxidation sites excluding steroid dienone is 1. The van der Waals surface area contributed by atoms with Crippen LogP contribution in [0.25, 0.3) is 0 Å². The molecule has 0 aliphatic carbocycles. The van der Waals surface area contributed by atoms with Crippen molar-refractivity contribution in [1.29, 1.82) is 0 Å². The fourth-order valence-corrected chi connectivity index (χ4v) is 7.84. The molecule has 0 bridgehead atoms. The van der Waals surface area contributed by atoms with Gasteiger partial charge in [-0.2, -0.15) is 0 Å². The monoisotopic (exact) mass is 462 g/mol. The van der Waals surface area contributed by atoms with Gasteiger partial charge in [0.05, 0.1) is 0 Å². The summed E-state index contributed by atoms with van der Waals surface area (Å²) in [7, 11) is 0.163. The summed E-state index contributed by atoms with van der Waals surface area (Å²) in [6.07, 6.45) is 2.20. The van der Waals surface area contributed by atoms with Crippen molar-refractivity contribution in [1.82, 2.24) is 0 Å². The Labute approximate surface area is 117 Å². The van der Waals surface area contributed by atoms with Crippen LogP contribution in [-0.2, 0) is 0 Å². The minimum absolute atomic E-state index is 0.163. The average molecular weight is 460 g/mol. The zero-order valence-corrected chi connectivity index (χ0v) is 18.3. The molecule has 92 valence electrons. The van der Waals surface area contributed by atoms with Gasteiger partial charge in [-0.1, -0.05) is 0 Å².